The van der Waals surface area contributed by atoms with Crippen LogP contribution in [-0.2, 0) is 0 Å². The second kappa shape index (κ2) is 2.85. The van der Waals surface area contributed by atoms with Crippen LogP contribution in [0.1, 0.15) is 13.8 Å². The molecule has 0 aromatic heterocycles. The number of nitrogens with zero attached hydrogens (tertiary/aromatic N) is 1. The van der Waals surface area contributed by atoms with Crippen LogP contribution in [-0.4, -0.2) is 10.5 Å². The summed E-state index contributed by atoms with van der Waals surface area (Å²) in [5, 5.41) is 10.5. The Morgan fingerprint density at radius 3 is 2.69 bits per heavy atom. The lowest BCUT2D eigenvalue weighted by atomic mass is 9.81. The topological polar surface area (TPSA) is 95.2 Å². The van der Waals surface area contributed by atoms with Gasteiger partial charge in [-0.25, -0.2) is 0 Å². The molecule has 0 aromatic carbocycles. The van der Waals surface area contributed by atoms with Gasteiger partial charge in [0.1, 0.15) is 0 Å². The number of allylic oxidation sites excluding steroid dienone is 1. The first-order chi connectivity index (χ1) is 5.86. The van der Waals surface area contributed by atoms with Crippen molar-refractivity contribution >= 4 is 0 Å². The molecule has 1 aliphatic carbocycles. The number of hydrogen-bond acceptors (Lipinski definition) is 4. The highest BCUT2D eigenvalue weighted by Crippen LogP contribution is 2.28. The van der Waals surface area contributed by atoms with Gasteiger partial charge in [0, 0.05) is 17.5 Å². The Morgan fingerprint density at radius 2 is 2.23 bits per heavy atom. The highest BCUT2D eigenvalue weighted by molar-refractivity contribution is 5.31. The van der Waals surface area contributed by atoms with Crippen molar-refractivity contribution in [3.8, 4) is 0 Å². The fraction of sp³-hybridized carbons (Fsp3) is 0.500. The minimum Gasteiger partial charge on any atom is -0.396 e. The summed E-state index contributed by atoms with van der Waals surface area (Å²) in [6.45, 7) is 3.57. The Morgan fingerprint density at radius 1 is 1.69 bits per heavy atom. The highest BCUT2D eigenvalue weighted by Gasteiger charge is 2.34. The quantitative estimate of drug-likeness (QED) is 0.453. The second-order valence-corrected chi connectivity index (χ2v) is 3.52. The van der Waals surface area contributed by atoms with Gasteiger partial charge >= 0.3 is 0 Å². The van der Waals surface area contributed by atoms with Crippen molar-refractivity contribution in [2.24, 2.45) is 17.4 Å². The van der Waals surface area contributed by atoms with Crippen LogP contribution in [0, 0.1) is 16.0 Å². The molecule has 13 heavy (non-hydrogen) atoms. The largest absolute Gasteiger partial charge is 0.396 e. The van der Waals surface area contributed by atoms with E-state index >= 15 is 0 Å². The number of nitro groups is 1. The summed E-state index contributed by atoms with van der Waals surface area (Å²) in [5.74, 6) is -0.210. The van der Waals surface area contributed by atoms with E-state index < -0.39 is 10.5 Å². The van der Waals surface area contributed by atoms with E-state index in [1.807, 2.05) is 0 Å². The second-order valence-electron chi connectivity index (χ2n) is 3.52. The zero-order valence-electron chi connectivity index (χ0n) is 7.65. The third-order valence-electron chi connectivity index (χ3n) is 2.49. The molecule has 1 aliphatic rings. The van der Waals surface area contributed by atoms with Crippen molar-refractivity contribution in [3.63, 3.8) is 0 Å². The molecule has 72 valence electrons. The maximum atomic E-state index is 10.5. The van der Waals surface area contributed by atoms with E-state index in [0.717, 1.165) is 0 Å². The van der Waals surface area contributed by atoms with Crippen LogP contribution in [0.3, 0.4) is 0 Å². The molecule has 1 rings (SSSR count). The van der Waals surface area contributed by atoms with Gasteiger partial charge in [0.2, 0.25) is 0 Å². The van der Waals surface area contributed by atoms with Crippen LogP contribution < -0.4 is 11.5 Å². The van der Waals surface area contributed by atoms with Gasteiger partial charge in [-0.1, -0.05) is 13.0 Å². The maximum Gasteiger partial charge on any atom is 0.288 e. The van der Waals surface area contributed by atoms with Crippen molar-refractivity contribution in [2.75, 3.05) is 0 Å². The smallest absolute Gasteiger partial charge is 0.288 e. The van der Waals surface area contributed by atoms with Crippen LogP contribution >= 0.6 is 0 Å². The van der Waals surface area contributed by atoms with Gasteiger partial charge in [-0.2, -0.15) is 0 Å². The SMILES string of the molecule is CC1C(N)=C([N+](=O)[O-])C=CC1(C)N. The lowest BCUT2D eigenvalue weighted by Gasteiger charge is -2.30. The first-order valence-corrected chi connectivity index (χ1v) is 3.98. The highest BCUT2D eigenvalue weighted by atomic mass is 16.6. The van der Waals surface area contributed by atoms with Gasteiger partial charge < -0.3 is 11.5 Å². The van der Waals surface area contributed by atoms with Gasteiger partial charge in [0.15, 0.2) is 0 Å². The predicted octanol–water partition coefficient (Wildman–Crippen LogP) is 0.357. The van der Waals surface area contributed by atoms with Gasteiger partial charge in [-0.05, 0) is 6.92 Å². The minimum absolute atomic E-state index is 0.0459. The molecule has 0 radical (unpaired) electrons. The molecule has 0 fully saturated rings. The van der Waals surface area contributed by atoms with Crippen molar-refractivity contribution in [1.82, 2.24) is 0 Å². The molecule has 2 atom stereocenters. The fourth-order valence-electron chi connectivity index (χ4n) is 1.22. The third kappa shape index (κ3) is 1.55. The van der Waals surface area contributed by atoms with Gasteiger partial charge in [0.05, 0.1) is 10.6 Å². The van der Waals surface area contributed by atoms with Crippen LogP contribution in [0.2, 0.25) is 0 Å². The van der Waals surface area contributed by atoms with E-state index in [1.54, 1.807) is 19.9 Å². The molecule has 0 bridgehead atoms. The summed E-state index contributed by atoms with van der Waals surface area (Å²) in [4.78, 5) is 10.0. The van der Waals surface area contributed by atoms with E-state index in [1.165, 1.54) is 6.08 Å². The van der Waals surface area contributed by atoms with E-state index in [9.17, 15) is 10.1 Å². The average molecular weight is 183 g/mol. The molecule has 0 aliphatic heterocycles. The van der Waals surface area contributed by atoms with E-state index in [0.29, 0.717) is 0 Å². The molecular formula is C8H13N3O2. The summed E-state index contributed by atoms with van der Waals surface area (Å²) >= 11 is 0. The molecule has 4 N–H and O–H groups in total. The predicted molar refractivity (Wildman–Crippen MR) is 49.1 cm³/mol. The number of hydrogen-bond donors (Lipinski definition) is 2. The molecule has 2 unspecified atom stereocenters. The lowest BCUT2D eigenvalue weighted by Crippen LogP contribution is -2.45. The Bertz CT molecular complexity index is 305. The van der Waals surface area contributed by atoms with Gasteiger partial charge in [-0.3, -0.25) is 10.1 Å². The third-order valence-corrected chi connectivity index (χ3v) is 2.49. The van der Waals surface area contributed by atoms with E-state index in [2.05, 4.69) is 0 Å². The minimum atomic E-state index is -0.594. The van der Waals surface area contributed by atoms with Crippen LogP contribution in [0.5, 0.6) is 0 Å². The van der Waals surface area contributed by atoms with Crippen molar-refractivity contribution in [3.05, 3.63) is 33.7 Å². The lowest BCUT2D eigenvalue weighted by molar-refractivity contribution is -0.421. The molecule has 0 spiro atoms. The summed E-state index contributed by atoms with van der Waals surface area (Å²) in [5.41, 5.74) is 11.1. The summed E-state index contributed by atoms with van der Waals surface area (Å²) < 4.78 is 0. The first-order valence-electron chi connectivity index (χ1n) is 3.98. The zero-order chi connectivity index (χ0) is 10.2. The van der Waals surface area contributed by atoms with E-state index in [4.69, 9.17) is 11.5 Å². The van der Waals surface area contributed by atoms with Crippen LogP contribution in [0.25, 0.3) is 0 Å². The standard InChI is InChI=1S/C8H13N3O2/c1-5-7(9)6(11(12)13)3-4-8(5,2)10/h3-5H,9-10H2,1-2H3. The van der Waals surface area contributed by atoms with Gasteiger partial charge in [0.25, 0.3) is 5.70 Å². The Hall–Kier alpha value is -1.36. The zero-order valence-corrected chi connectivity index (χ0v) is 7.65. The number of nitrogens with two attached hydrogens (primary N) is 2. The number of rotatable bonds is 1. The van der Waals surface area contributed by atoms with E-state index in [-0.39, 0.29) is 17.3 Å². The molecule has 0 amide bonds. The van der Waals surface area contributed by atoms with Crippen molar-refractivity contribution in [1.29, 1.82) is 0 Å². The Kier molecular flexibility index (Phi) is 2.13. The van der Waals surface area contributed by atoms with Crippen LogP contribution in [0.4, 0.5) is 0 Å². The van der Waals surface area contributed by atoms with Crippen molar-refractivity contribution < 1.29 is 4.92 Å². The van der Waals surface area contributed by atoms with Gasteiger partial charge in [-0.15, -0.1) is 0 Å². The van der Waals surface area contributed by atoms with Crippen LogP contribution in [0.15, 0.2) is 23.5 Å². The monoisotopic (exact) mass is 183 g/mol. The maximum absolute atomic E-state index is 10.5. The molecule has 0 saturated heterocycles. The molecule has 0 heterocycles. The fourth-order valence-corrected chi connectivity index (χ4v) is 1.22. The molecule has 0 saturated carbocycles. The normalized spacial score (nSPS) is 33.6. The Labute approximate surface area is 76.2 Å². The summed E-state index contributed by atoms with van der Waals surface area (Å²) in [7, 11) is 0. The molecular weight excluding hydrogens is 170 g/mol. The average Bonchev–Trinajstić information content (AvgIpc) is 2.00. The molecule has 5 heteroatoms. The molecule has 5 nitrogen and oxygen atoms in total. The summed E-state index contributed by atoms with van der Waals surface area (Å²) in [6, 6.07) is 0. The summed E-state index contributed by atoms with van der Waals surface area (Å²) in [6.07, 6.45) is 2.99. The van der Waals surface area contributed by atoms with Crippen molar-refractivity contribution in [2.45, 2.75) is 19.4 Å². The Balaban J connectivity index is 3.11. The molecule has 0 aromatic rings. The first kappa shape index (κ1) is 9.73.